The Morgan fingerprint density at radius 1 is 0.927 bits per heavy atom. The summed E-state index contributed by atoms with van der Waals surface area (Å²) in [7, 11) is 1.56. The molecule has 55 heavy (non-hydrogen) atoms. The molecule has 1 aromatic carbocycles. The Morgan fingerprint density at radius 2 is 1.65 bits per heavy atom. The quantitative estimate of drug-likeness (QED) is 0.103. The number of ether oxygens (including phenoxy) is 3. The van der Waals surface area contributed by atoms with Crippen LogP contribution in [0.5, 0.6) is 11.5 Å². The number of hydrogen-bond acceptors (Lipinski definition) is 9. The molecule has 17 heteroatoms. The van der Waals surface area contributed by atoms with E-state index in [1.165, 1.54) is 47.4 Å². The number of aromatic nitrogens is 2. The van der Waals surface area contributed by atoms with Crippen LogP contribution >= 0.6 is 11.3 Å². The first kappa shape index (κ1) is 39.2. The van der Waals surface area contributed by atoms with Crippen LogP contribution in [0.3, 0.4) is 0 Å². The molecule has 5 heterocycles. The van der Waals surface area contributed by atoms with Crippen LogP contribution in [0.15, 0.2) is 112 Å². The van der Waals surface area contributed by atoms with Crippen LogP contribution in [0.25, 0.3) is 11.1 Å². The molecule has 2 aliphatic rings. The number of pyridine rings is 1. The summed E-state index contributed by atoms with van der Waals surface area (Å²) in [5, 5.41) is 0.133. The second kappa shape index (κ2) is 16.4. The Morgan fingerprint density at radius 3 is 2.38 bits per heavy atom. The van der Waals surface area contributed by atoms with E-state index in [1.807, 2.05) is 23.1 Å². The molecule has 1 amide bonds. The van der Waals surface area contributed by atoms with Crippen LogP contribution in [-0.4, -0.2) is 66.9 Å². The van der Waals surface area contributed by atoms with Crippen molar-refractivity contribution in [3.8, 4) is 11.5 Å². The zero-order chi connectivity index (χ0) is 39.2. The molecular formula is C38H34F6N4O6S. The molecule has 0 N–H and O–H groups in total. The number of para-hydroxylation sites is 2. The topological polar surface area (TPSA) is 99.3 Å². The maximum absolute atomic E-state index is 15.0. The molecular weight excluding hydrogens is 754 g/mol. The zero-order valence-electron chi connectivity index (χ0n) is 29.2. The van der Waals surface area contributed by atoms with Gasteiger partial charge in [0, 0.05) is 57.5 Å². The van der Waals surface area contributed by atoms with E-state index in [-0.39, 0.29) is 31.1 Å². The molecule has 10 nitrogen and oxygen atoms in total. The molecule has 1 atom stereocenters. The minimum atomic E-state index is -5.03. The van der Waals surface area contributed by atoms with Crippen molar-refractivity contribution < 1.29 is 49.8 Å². The van der Waals surface area contributed by atoms with Crippen molar-refractivity contribution in [2.75, 3.05) is 51.4 Å². The Bertz CT molecular complexity index is 2220. The first-order valence-corrected chi connectivity index (χ1v) is 17.7. The maximum Gasteiger partial charge on any atom is 0.425 e. The number of carbonyl (C=O) groups excluding carboxylic acids is 1. The third-order valence-electron chi connectivity index (χ3n) is 8.72. The molecule has 0 saturated carbocycles. The van der Waals surface area contributed by atoms with Gasteiger partial charge >= 0.3 is 12.4 Å². The summed E-state index contributed by atoms with van der Waals surface area (Å²) in [6, 6.07) is 17.4. The highest BCUT2D eigenvalue weighted by atomic mass is 32.1. The van der Waals surface area contributed by atoms with Gasteiger partial charge in [0.05, 0.1) is 29.8 Å². The predicted molar refractivity (Wildman–Crippen MR) is 192 cm³/mol. The van der Waals surface area contributed by atoms with Gasteiger partial charge in [0.25, 0.3) is 11.5 Å². The van der Waals surface area contributed by atoms with E-state index in [4.69, 9.17) is 18.6 Å². The summed E-state index contributed by atoms with van der Waals surface area (Å²) >= 11 is 0.338. The van der Waals surface area contributed by atoms with E-state index in [1.54, 1.807) is 19.2 Å². The number of amides is 1. The Kier molecular flexibility index (Phi) is 11.7. The number of anilines is 1. The van der Waals surface area contributed by atoms with Crippen LogP contribution in [0.1, 0.15) is 16.1 Å². The number of benzene rings is 1. The van der Waals surface area contributed by atoms with Crippen molar-refractivity contribution in [1.29, 1.82) is 0 Å². The lowest BCUT2D eigenvalue weighted by Crippen LogP contribution is -2.57. The fraction of sp³-hybridized carbons (Fsp3) is 0.289. The third kappa shape index (κ3) is 8.57. The number of nitrogens with zero attached hydrogens (tertiary/aromatic N) is 4. The molecule has 3 aromatic heterocycles. The smallest absolute Gasteiger partial charge is 0.425 e. The number of allylic oxidation sites excluding steroid dienone is 1. The molecule has 0 bridgehead atoms. The molecule has 0 spiro atoms. The van der Waals surface area contributed by atoms with Crippen molar-refractivity contribution in [1.82, 2.24) is 14.5 Å². The summed E-state index contributed by atoms with van der Waals surface area (Å²) in [5.41, 5.74) is -5.04. The molecule has 0 radical (unpaired) electrons. The first-order valence-electron chi connectivity index (χ1n) is 16.9. The summed E-state index contributed by atoms with van der Waals surface area (Å²) in [4.78, 5) is 35.8. The standard InChI is InChI=1S/C38H34F6N4O6S/c1-51-22-23-52-29-11-7-6-10-28(29)46-17-19-47(20-18-46)35(50)36(54-26-24-31(55-25-26)38(42,43)44)14-9-16-48-30(36)12-5-3-2-4-8-21-53-33-32(34(48)49)27(13-15-45-33)37(39,40)41/h2-15,21,24-25H,16-20,22-23H2,1H3/t36-/m0/s1. The number of thiophene rings is 1. The average Bonchev–Trinajstić information content (AvgIpc) is 3.65. The van der Waals surface area contributed by atoms with Gasteiger partial charge in [0.1, 0.15) is 28.4 Å². The number of fused-ring (bicyclic) bond motifs is 2. The monoisotopic (exact) mass is 788 g/mol. The molecule has 0 aliphatic carbocycles. The Balaban J connectivity index is 1.52. The summed E-state index contributed by atoms with van der Waals surface area (Å²) in [6.45, 7) is 1.15. The minimum Gasteiger partial charge on any atom is -0.489 e. The van der Waals surface area contributed by atoms with E-state index in [0.717, 1.165) is 34.2 Å². The third-order valence-corrected chi connectivity index (χ3v) is 9.67. The summed E-state index contributed by atoms with van der Waals surface area (Å²) < 4.78 is 108. The number of alkyl halides is 6. The van der Waals surface area contributed by atoms with E-state index >= 15 is 0 Å². The molecule has 2 aliphatic heterocycles. The van der Waals surface area contributed by atoms with Crippen LogP contribution in [0.2, 0.25) is 0 Å². The molecule has 0 unspecified atom stereocenters. The number of carbonyl (C=O) groups is 1. The van der Waals surface area contributed by atoms with Crippen molar-refractivity contribution in [2.45, 2.75) is 24.5 Å². The van der Waals surface area contributed by atoms with Gasteiger partial charge < -0.3 is 33.0 Å². The van der Waals surface area contributed by atoms with E-state index in [9.17, 15) is 35.9 Å². The summed E-state index contributed by atoms with van der Waals surface area (Å²) in [6.07, 6.45) is -5.19. The SMILES string of the molecule is COCCOc1ccccc1N1CCN(C(=O)[C@]2(Oc3csc(C(F)(F)F)c3)C=CCn3c2cccccccoc2nccc(C(F)(F)F)c2c3=O)CC1. The first-order chi connectivity index (χ1) is 26.3. The lowest BCUT2D eigenvalue weighted by Gasteiger charge is -2.42. The Hall–Kier alpha value is -5.55. The van der Waals surface area contributed by atoms with Crippen LogP contribution in [-0.2, 0) is 34.0 Å². The Labute approximate surface area is 314 Å². The van der Waals surface area contributed by atoms with E-state index in [0.29, 0.717) is 49.5 Å². The van der Waals surface area contributed by atoms with Gasteiger partial charge in [0.15, 0.2) is 0 Å². The zero-order valence-corrected chi connectivity index (χ0v) is 30.0. The lowest BCUT2D eigenvalue weighted by atomic mass is 9.92. The molecule has 1 saturated heterocycles. The second-order valence-corrected chi connectivity index (χ2v) is 13.1. The van der Waals surface area contributed by atoms with E-state index in [2.05, 4.69) is 4.98 Å². The number of rotatable bonds is 8. The fourth-order valence-electron chi connectivity index (χ4n) is 6.19. The van der Waals surface area contributed by atoms with Crippen molar-refractivity contribution in [3.63, 3.8) is 0 Å². The van der Waals surface area contributed by atoms with Crippen molar-refractivity contribution in [2.24, 2.45) is 0 Å². The predicted octanol–water partition coefficient (Wildman–Crippen LogP) is 7.56. The van der Waals surface area contributed by atoms with Crippen LogP contribution in [0, 0.1) is 0 Å². The number of halogens is 6. The van der Waals surface area contributed by atoms with Gasteiger partial charge in [-0.05, 0) is 36.4 Å². The number of methoxy groups -OCH3 is 1. The summed E-state index contributed by atoms with van der Waals surface area (Å²) in [5.74, 6) is -0.502. The van der Waals surface area contributed by atoms with Crippen molar-refractivity contribution >= 4 is 34.0 Å². The van der Waals surface area contributed by atoms with Gasteiger partial charge in [-0.3, -0.25) is 9.59 Å². The normalized spacial score (nSPS) is 16.9. The van der Waals surface area contributed by atoms with E-state index < -0.39 is 51.0 Å². The number of piperazine rings is 1. The van der Waals surface area contributed by atoms with Gasteiger partial charge in [0.2, 0.25) is 11.3 Å². The molecule has 1 fully saturated rings. The van der Waals surface area contributed by atoms with Crippen LogP contribution in [0.4, 0.5) is 32.0 Å². The highest BCUT2D eigenvalue weighted by Crippen LogP contribution is 2.41. The average molecular weight is 789 g/mol. The second-order valence-electron chi connectivity index (χ2n) is 12.2. The molecule has 6 rings (SSSR count). The number of hydrogen-bond donors (Lipinski definition) is 0. The van der Waals surface area contributed by atoms with Crippen LogP contribution < -0.4 is 19.9 Å². The lowest BCUT2D eigenvalue weighted by molar-refractivity contribution is -0.146. The molecule has 4 aromatic rings. The largest absolute Gasteiger partial charge is 0.489 e. The minimum absolute atomic E-state index is 0.103. The maximum atomic E-state index is 15.0. The van der Waals surface area contributed by atoms with Gasteiger partial charge in [-0.25, -0.2) is 4.98 Å². The highest BCUT2D eigenvalue weighted by molar-refractivity contribution is 7.10. The van der Waals surface area contributed by atoms with Gasteiger partial charge in [-0.2, -0.15) is 26.3 Å². The molecule has 290 valence electrons. The van der Waals surface area contributed by atoms with Gasteiger partial charge in [-0.15, -0.1) is 11.3 Å². The van der Waals surface area contributed by atoms with Crippen molar-refractivity contribution in [3.05, 3.63) is 129 Å². The fourth-order valence-corrected chi connectivity index (χ4v) is 6.87. The van der Waals surface area contributed by atoms with Gasteiger partial charge in [-0.1, -0.05) is 42.5 Å². The highest BCUT2D eigenvalue weighted by Gasteiger charge is 2.48.